The lowest BCUT2D eigenvalue weighted by molar-refractivity contribution is 0.140. The molecule has 0 aromatic rings. The van der Waals surface area contributed by atoms with Crippen molar-refractivity contribution in [2.75, 3.05) is 19.7 Å². The van der Waals surface area contributed by atoms with Gasteiger partial charge in [0.2, 0.25) is 0 Å². The summed E-state index contributed by atoms with van der Waals surface area (Å²) in [5.41, 5.74) is 0. The molecule has 8 heavy (non-hydrogen) atoms. The molecule has 0 bridgehead atoms. The summed E-state index contributed by atoms with van der Waals surface area (Å²) >= 11 is 0. The van der Waals surface area contributed by atoms with Crippen molar-refractivity contribution in [1.82, 2.24) is 5.32 Å². The van der Waals surface area contributed by atoms with Crippen molar-refractivity contribution in [3.63, 3.8) is 0 Å². The molecule has 0 aliphatic rings. The molecule has 0 saturated heterocycles. The van der Waals surface area contributed by atoms with E-state index in [1.165, 1.54) is 0 Å². The lowest BCUT2D eigenvalue weighted by Crippen LogP contribution is -2.21. The van der Waals surface area contributed by atoms with Gasteiger partial charge in [-0.1, -0.05) is 6.92 Å². The zero-order valence-electron chi connectivity index (χ0n) is 5.31. The minimum atomic E-state index is 0.597. The van der Waals surface area contributed by atoms with Crippen LogP contribution in [0.25, 0.3) is 0 Å². The highest BCUT2D eigenvalue weighted by atomic mass is 16.6. The van der Waals surface area contributed by atoms with Crippen molar-refractivity contribution in [2.24, 2.45) is 5.90 Å². The molecule has 0 amide bonds. The van der Waals surface area contributed by atoms with Crippen LogP contribution in [-0.2, 0) is 4.84 Å². The van der Waals surface area contributed by atoms with Crippen LogP contribution in [0.4, 0.5) is 0 Å². The summed E-state index contributed by atoms with van der Waals surface area (Å²) in [6.45, 7) is 4.62. The van der Waals surface area contributed by atoms with Crippen molar-refractivity contribution in [2.45, 2.75) is 13.3 Å². The van der Waals surface area contributed by atoms with E-state index in [2.05, 4.69) is 17.1 Å². The van der Waals surface area contributed by atoms with Crippen molar-refractivity contribution in [3.8, 4) is 0 Å². The molecular weight excluding hydrogens is 104 g/mol. The average molecular weight is 118 g/mol. The maximum Gasteiger partial charge on any atom is 0.0803 e. The van der Waals surface area contributed by atoms with Gasteiger partial charge in [0.05, 0.1) is 6.61 Å². The van der Waals surface area contributed by atoms with E-state index >= 15 is 0 Å². The number of rotatable bonds is 5. The summed E-state index contributed by atoms with van der Waals surface area (Å²) < 4.78 is 0. The molecule has 0 radical (unpaired) electrons. The van der Waals surface area contributed by atoms with E-state index in [4.69, 9.17) is 5.90 Å². The second-order valence-electron chi connectivity index (χ2n) is 1.62. The Morgan fingerprint density at radius 2 is 2.25 bits per heavy atom. The van der Waals surface area contributed by atoms with Gasteiger partial charge in [0.25, 0.3) is 0 Å². The lowest BCUT2D eigenvalue weighted by atomic mass is 10.5. The third-order valence-electron chi connectivity index (χ3n) is 0.823. The highest BCUT2D eigenvalue weighted by Gasteiger charge is 1.80. The molecule has 0 saturated carbocycles. The van der Waals surface area contributed by atoms with Gasteiger partial charge in [-0.15, -0.1) is 0 Å². The van der Waals surface area contributed by atoms with Crippen LogP contribution in [0.3, 0.4) is 0 Å². The Labute approximate surface area is 50.2 Å². The Balaban J connectivity index is 2.53. The fourth-order valence-electron chi connectivity index (χ4n) is 0.433. The molecule has 3 heteroatoms. The van der Waals surface area contributed by atoms with Gasteiger partial charge in [-0.05, 0) is 13.0 Å². The number of hydrogen-bond donors (Lipinski definition) is 2. The predicted molar refractivity (Wildman–Crippen MR) is 33.3 cm³/mol. The Bertz CT molecular complexity index is 35.4. The maximum absolute atomic E-state index is 4.77. The lowest BCUT2D eigenvalue weighted by Gasteiger charge is -1.98. The van der Waals surface area contributed by atoms with Crippen LogP contribution in [0.1, 0.15) is 13.3 Å². The first-order valence-electron chi connectivity index (χ1n) is 2.94. The highest BCUT2D eigenvalue weighted by Crippen LogP contribution is 1.67. The minimum absolute atomic E-state index is 0.597. The predicted octanol–water partition coefficient (Wildman–Crippen LogP) is -0.124. The summed E-state index contributed by atoms with van der Waals surface area (Å²) in [6, 6.07) is 0. The van der Waals surface area contributed by atoms with Crippen LogP contribution >= 0.6 is 0 Å². The normalized spacial score (nSPS) is 9.75. The smallest absolute Gasteiger partial charge is 0.0803 e. The Hall–Kier alpha value is -0.120. The topological polar surface area (TPSA) is 47.3 Å². The molecule has 0 aliphatic carbocycles. The second kappa shape index (κ2) is 6.88. The zero-order chi connectivity index (χ0) is 6.24. The first kappa shape index (κ1) is 7.88. The fourth-order valence-corrected chi connectivity index (χ4v) is 0.433. The largest absolute Gasteiger partial charge is 0.314 e. The minimum Gasteiger partial charge on any atom is -0.314 e. The molecule has 0 heterocycles. The Morgan fingerprint density at radius 1 is 1.50 bits per heavy atom. The summed E-state index contributed by atoms with van der Waals surface area (Å²) in [6.07, 6.45) is 1.16. The van der Waals surface area contributed by atoms with E-state index < -0.39 is 0 Å². The van der Waals surface area contributed by atoms with Gasteiger partial charge in [-0.25, -0.2) is 5.90 Å². The zero-order valence-corrected chi connectivity index (χ0v) is 5.31. The Kier molecular flexibility index (Phi) is 6.78. The monoisotopic (exact) mass is 118 g/mol. The first-order valence-corrected chi connectivity index (χ1v) is 2.94. The van der Waals surface area contributed by atoms with Gasteiger partial charge in [-0.3, -0.25) is 0 Å². The number of hydrogen-bond acceptors (Lipinski definition) is 3. The molecule has 0 rings (SSSR count). The van der Waals surface area contributed by atoms with Crippen LogP contribution in [-0.4, -0.2) is 19.7 Å². The molecule has 3 nitrogen and oxygen atoms in total. The van der Waals surface area contributed by atoms with E-state index in [-0.39, 0.29) is 0 Å². The summed E-state index contributed by atoms with van der Waals surface area (Å²) in [7, 11) is 0. The average Bonchev–Trinajstić information content (AvgIpc) is 1.81. The van der Waals surface area contributed by atoms with Crippen LogP contribution in [0.15, 0.2) is 0 Å². The van der Waals surface area contributed by atoms with E-state index in [9.17, 15) is 0 Å². The van der Waals surface area contributed by atoms with E-state index in [1.54, 1.807) is 0 Å². The van der Waals surface area contributed by atoms with Crippen molar-refractivity contribution >= 4 is 0 Å². The van der Waals surface area contributed by atoms with Crippen molar-refractivity contribution in [3.05, 3.63) is 0 Å². The van der Waals surface area contributed by atoms with Gasteiger partial charge in [-0.2, -0.15) is 0 Å². The van der Waals surface area contributed by atoms with Crippen molar-refractivity contribution < 1.29 is 4.84 Å². The molecule has 0 aromatic carbocycles. The van der Waals surface area contributed by atoms with Crippen molar-refractivity contribution in [1.29, 1.82) is 0 Å². The second-order valence-corrected chi connectivity index (χ2v) is 1.62. The van der Waals surface area contributed by atoms with Gasteiger partial charge < -0.3 is 10.2 Å². The molecule has 0 spiro atoms. The fraction of sp³-hybridized carbons (Fsp3) is 1.00. The Morgan fingerprint density at radius 3 is 2.75 bits per heavy atom. The standard InChI is InChI=1S/C5H14N2O/c1-2-3-7-4-5-8-6/h7H,2-6H2,1H3. The van der Waals surface area contributed by atoms with Gasteiger partial charge in [0.1, 0.15) is 0 Å². The molecule has 0 unspecified atom stereocenters. The highest BCUT2D eigenvalue weighted by molar-refractivity contribution is 4.40. The van der Waals surface area contributed by atoms with Gasteiger partial charge in [0.15, 0.2) is 0 Å². The third kappa shape index (κ3) is 5.88. The maximum atomic E-state index is 4.77. The first-order chi connectivity index (χ1) is 3.91. The van der Waals surface area contributed by atoms with Gasteiger partial charge in [0, 0.05) is 6.54 Å². The molecule has 0 aromatic heterocycles. The van der Waals surface area contributed by atoms with Crippen LogP contribution in [0.5, 0.6) is 0 Å². The SMILES string of the molecule is CCCNCCON. The third-order valence-corrected chi connectivity index (χ3v) is 0.823. The van der Waals surface area contributed by atoms with E-state index in [0.717, 1.165) is 19.5 Å². The van der Waals surface area contributed by atoms with Gasteiger partial charge >= 0.3 is 0 Å². The molecule has 0 atom stereocenters. The molecule has 50 valence electrons. The molecule has 3 N–H and O–H groups in total. The summed E-state index contributed by atoms with van der Waals surface area (Å²) in [5.74, 6) is 4.77. The quantitative estimate of drug-likeness (QED) is 0.390. The summed E-state index contributed by atoms with van der Waals surface area (Å²) in [5, 5.41) is 3.13. The number of nitrogens with two attached hydrogens (primary N) is 1. The number of nitrogens with one attached hydrogen (secondary N) is 1. The molecule has 0 fully saturated rings. The molecular formula is C5H14N2O. The van der Waals surface area contributed by atoms with Crippen LogP contribution < -0.4 is 11.2 Å². The van der Waals surface area contributed by atoms with Crippen LogP contribution in [0, 0.1) is 0 Å². The van der Waals surface area contributed by atoms with E-state index in [0.29, 0.717) is 6.61 Å². The summed E-state index contributed by atoms with van der Waals surface area (Å²) in [4.78, 5) is 4.33. The van der Waals surface area contributed by atoms with E-state index in [1.807, 2.05) is 0 Å². The van der Waals surface area contributed by atoms with Crippen LogP contribution in [0.2, 0.25) is 0 Å². The molecule has 0 aliphatic heterocycles.